The van der Waals surface area contributed by atoms with Crippen LogP contribution in [0.2, 0.25) is 0 Å². The van der Waals surface area contributed by atoms with Gasteiger partial charge in [-0.25, -0.2) is 4.39 Å². The highest BCUT2D eigenvalue weighted by atomic mass is 19.4. The van der Waals surface area contributed by atoms with Crippen molar-refractivity contribution in [2.24, 2.45) is 5.92 Å². The van der Waals surface area contributed by atoms with Crippen molar-refractivity contribution in [3.63, 3.8) is 0 Å². The summed E-state index contributed by atoms with van der Waals surface area (Å²) < 4.78 is 63.9. The van der Waals surface area contributed by atoms with Gasteiger partial charge < -0.3 is 24.6 Å². The molecule has 0 aliphatic carbocycles. The van der Waals surface area contributed by atoms with Gasteiger partial charge >= 0.3 is 6.18 Å². The first kappa shape index (κ1) is 29.9. The molecule has 12 heteroatoms. The van der Waals surface area contributed by atoms with E-state index in [1.807, 2.05) is 6.92 Å². The molecule has 0 radical (unpaired) electrons. The average molecular weight is 554 g/mol. The van der Waals surface area contributed by atoms with E-state index in [4.69, 9.17) is 9.47 Å². The fraction of sp³-hybridized carbons (Fsp3) is 0.444. The zero-order valence-electron chi connectivity index (χ0n) is 22.0. The van der Waals surface area contributed by atoms with Crippen LogP contribution < -0.4 is 10.1 Å². The second kappa shape index (κ2) is 12.5. The van der Waals surface area contributed by atoms with E-state index < -0.39 is 48.3 Å². The Morgan fingerprint density at radius 3 is 2.46 bits per heavy atom. The number of anilines is 1. The maximum Gasteiger partial charge on any atom is 0.397 e. The van der Waals surface area contributed by atoms with Gasteiger partial charge in [-0.2, -0.15) is 13.2 Å². The molecule has 212 valence electrons. The summed E-state index contributed by atoms with van der Waals surface area (Å²) >= 11 is 0. The molecule has 1 N–H and O–H groups in total. The molecule has 0 unspecified atom stereocenters. The Labute approximate surface area is 223 Å². The maximum absolute atomic E-state index is 14.5. The number of hydrogen-bond donors (Lipinski definition) is 1. The lowest BCUT2D eigenvalue weighted by Gasteiger charge is -2.36. The molecule has 3 atom stereocenters. The highest BCUT2D eigenvalue weighted by molar-refractivity contribution is 5.98. The van der Waals surface area contributed by atoms with Crippen molar-refractivity contribution in [2.45, 2.75) is 38.6 Å². The van der Waals surface area contributed by atoms with Gasteiger partial charge in [-0.1, -0.05) is 19.1 Å². The monoisotopic (exact) mass is 553 g/mol. The normalized spacial score (nSPS) is 20.8. The summed E-state index contributed by atoms with van der Waals surface area (Å²) in [6.07, 6.45) is -6.84. The number of rotatable bonds is 4. The van der Waals surface area contributed by atoms with E-state index in [1.54, 1.807) is 20.0 Å². The predicted molar refractivity (Wildman–Crippen MR) is 135 cm³/mol. The van der Waals surface area contributed by atoms with Crippen LogP contribution in [0.5, 0.6) is 5.75 Å². The summed E-state index contributed by atoms with van der Waals surface area (Å²) in [4.78, 5) is 41.4. The first-order chi connectivity index (χ1) is 18.3. The molecule has 2 aromatic carbocycles. The number of hydrogen-bond acceptors (Lipinski definition) is 5. The molecule has 0 saturated carbocycles. The van der Waals surface area contributed by atoms with E-state index in [0.29, 0.717) is 0 Å². The van der Waals surface area contributed by atoms with Crippen LogP contribution in [-0.4, -0.2) is 79.7 Å². The van der Waals surface area contributed by atoms with E-state index in [9.17, 15) is 31.9 Å². The third kappa shape index (κ3) is 7.69. The number of ether oxygens (including phenoxy) is 2. The van der Waals surface area contributed by atoms with Crippen LogP contribution in [0.1, 0.15) is 41.0 Å². The Hall–Kier alpha value is -3.67. The molecular weight excluding hydrogens is 522 g/mol. The fourth-order valence-corrected chi connectivity index (χ4v) is 4.31. The van der Waals surface area contributed by atoms with Crippen LogP contribution in [-0.2, 0) is 9.53 Å². The number of fused-ring (bicyclic) bond motifs is 1. The van der Waals surface area contributed by atoms with Crippen LogP contribution >= 0.6 is 0 Å². The maximum atomic E-state index is 14.5. The minimum absolute atomic E-state index is 0.000815. The molecule has 39 heavy (non-hydrogen) atoms. The minimum Gasteiger partial charge on any atom is -0.491 e. The summed E-state index contributed by atoms with van der Waals surface area (Å²) in [6, 6.07) is 8.92. The van der Waals surface area contributed by atoms with Gasteiger partial charge in [-0.05, 0) is 31.2 Å². The number of benzene rings is 2. The molecule has 3 rings (SSSR count). The molecule has 0 fully saturated rings. The van der Waals surface area contributed by atoms with Crippen molar-refractivity contribution in [2.75, 3.05) is 39.2 Å². The van der Waals surface area contributed by atoms with Crippen molar-refractivity contribution in [3.05, 3.63) is 59.4 Å². The van der Waals surface area contributed by atoms with E-state index in [1.165, 1.54) is 53.3 Å². The Bertz CT molecular complexity index is 1210. The van der Waals surface area contributed by atoms with E-state index >= 15 is 0 Å². The minimum atomic E-state index is -4.69. The molecule has 0 aromatic heterocycles. The largest absolute Gasteiger partial charge is 0.491 e. The number of methoxy groups -OCH3 is 1. The standard InChI is InChI=1S/C27H31F4N3O5/c1-16-13-34(26(37)19-7-5-6-8-21(19)28)17(2)15-39-22-11-18(32-24(35)12-27(29,30)31)9-10-20(22)25(36)33(3)14-23(16)38-4/h5-11,16-17,23H,12-15H2,1-4H3,(H,32,35)/t16-,17-,23-/m1/s1. The second-order valence-corrected chi connectivity index (χ2v) is 9.59. The van der Waals surface area contributed by atoms with Gasteiger partial charge in [0.1, 0.15) is 24.6 Å². The number of amides is 3. The third-order valence-electron chi connectivity index (χ3n) is 6.46. The summed E-state index contributed by atoms with van der Waals surface area (Å²) in [5.74, 6) is -3.18. The topological polar surface area (TPSA) is 88.2 Å². The third-order valence-corrected chi connectivity index (χ3v) is 6.46. The van der Waals surface area contributed by atoms with Gasteiger partial charge in [0.25, 0.3) is 11.8 Å². The molecule has 8 nitrogen and oxygen atoms in total. The summed E-state index contributed by atoms with van der Waals surface area (Å²) in [6.45, 7) is 3.74. The Morgan fingerprint density at radius 2 is 1.82 bits per heavy atom. The number of halogens is 4. The van der Waals surface area contributed by atoms with Crippen LogP contribution in [0.25, 0.3) is 0 Å². The zero-order valence-corrected chi connectivity index (χ0v) is 22.0. The lowest BCUT2D eigenvalue weighted by molar-refractivity contribution is -0.150. The molecule has 1 aliphatic heterocycles. The smallest absolute Gasteiger partial charge is 0.397 e. The molecular formula is C27H31F4N3O5. The highest BCUT2D eigenvalue weighted by Crippen LogP contribution is 2.28. The number of alkyl halides is 3. The summed E-state index contributed by atoms with van der Waals surface area (Å²) in [5, 5.41) is 2.16. The fourth-order valence-electron chi connectivity index (χ4n) is 4.31. The summed E-state index contributed by atoms with van der Waals surface area (Å²) in [7, 11) is 3.05. The number of carbonyl (C=O) groups excluding carboxylic acids is 3. The molecule has 0 bridgehead atoms. The van der Waals surface area contributed by atoms with Gasteiger partial charge in [0.2, 0.25) is 5.91 Å². The number of nitrogens with one attached hydrogen (secondary N) is 1. The van der Waals surface area contributed by atoms with Crippen molar-refractivity contribution < 1.29 is 41.4 Å². The van der Waals surface area contributed by atoms with Gasteiger partial charge in [-0.3, -0.25) is 14.4 Å². The van der Waals surface area contributed by atoms with E-state index in [2.05, 4.69) is 5.32 Å². The van der Waals surface area contributed by atoms with Gasteiger partial charge in [-0.15, -0.1) is 0 Å². The quantitative estimate of drug-likeness (QED) is 0.569. The number of carbonyl (C=O) groups is 3. The Kier molecular flexibility index (Phi) is 9.54. The molecule has 1 aliphatic rings. The Balaban J connectivity index is 1.98. The Morgan fingerprint density at radius 1 is 1.13 bits per heavy atom. The highest BCUT2D eigenvalue weighted by Gasteiger charge is 2.33. The molecule has 0 saturated heterocycles. The van der Waals surface area contributed by atoms with Crippen LogP contribution in [0.3, 0.4) is 0 Å². The molecule has 0 spiro atoms. The average Bonchev–Trinajstić information content (AvgIpc) is 2.86. The first-order valence-electron chi connectivity index (χ1n) is 12.3. The van der Waals surface area contributed by atoms with Crippen molar-refractivity contribution in [1.82, 2.24) is 9.80 Å². The molecule has 1 heterocycles. The first-order valence-corrected chi connectivity index (χ1v) is 12.3. The second-order valence-electron chi connectivity index (χ2n) is 9.59. The zero-order chi connectivity index (χ0) is 28.9. The van der Waals surface area contributed by atoms with Crippen LogP contribution in [0.15, 0.2) is 42.5 Å². The van der Waals surface area contributed by atoms with Gasteiger partial charge in [0.05, 0.1) is 23.3 Å². The van der Waals surface area contributed by atoms with Gasteiger partial charge in [0.15, 0.2) is 0 Å². The number of likely N-dealkylation sites (N-methyl/N-ethyl adjacent to an activating group) is 1. The van der Waals surface area contributed by atoms with E-state index in [-0.39, 0.29) is 48.2 Å². The van der Waals surface area contributed by atoms with E-state index in [0.717, 1.165) is 0 Å². The van der Waals surface area contributed by atoms with Crippen molar-refractivity contribution >= 4 is 23.4 Å². The number of nitrogens with zero attached hydrogens (tertiary/aromatic N) is 2. The molecule has 3 amide bonds. The van der Waals surface area contributed by atoms with Crippen LogP contribution in [0.4, 0.5) is 23.2 Å². The van der Waals surface area contributed by atoms with Crippen LogP contribution in [0, 0.1) is 11.7 Å². The summed E-state index contributed by atoms with van der Waals surface area (Å²) in [5.41, 5.74) is -0.00516. The lowest BCUT2D eigenvalue weighted by Crippen LogP contribution is -2.48. The SMILES string of the molecule is CO[C@@H]1CN(C)C(=O)c2ccc(NC(=O)CC(F)(F)F)cc2OC[C@@H](C)N(C(=O)c2ccccc2F)C[C@H]1C. The van der Waals surface area contributed by atoms with Crippen molar-refractivity contribution in [3.8, 4) is 5.75 Å². The predicted octanol–water partition coefficient (Wildman–Crippen LogP) is 4.36. The van der Waals surface area contributed by atoms with Crippen molar-refractivity contribution in [1.29, 1.82) is 0 Å². The lowest BCUT2D eigenvalue weighted by atomic mass is 10.0. The van der Waals surface area contributed by atoms with Gasteiger partial charge in [0, 0.05) is 44.9 Å². The molecule has 2 aromatic rings.